The van der Waals surface area contributed by atoms with Crippen molar-refractivity contribution in [3.63, 3.8) is 0 Å². The largest absolute Gasteiger partial charge is 0.488 e. The van der Waals surface area contributed by atoms with E-state index in [9.17, 15) is 13.2 Å². The lowest BCUT2D eigenvalue weighted by atomic mass is 10.2. The summed E-state index contributed by atoms with van der Waals surface area (Å²) in [5, 5.41) is -0.119. The fraction of sp³-hybridized carbons (Fsp3) is 0.500. The monoisotopic (exact) mass is 366 g/mol. The third-order valence-corrected chi connectivity index (χ3v) is 4.23. The molecule has 0 amide bonds. The minimum Gasteiger partial charge on any atom is -0.488 e. The van der Waals surface area contributed by atoms with Gasteiger partial charge >= 0.3 is 5.97 Å². The van der Waals surface area contributed by atoms with Crippen molar-refractivity contribution in [1.29, 1.82) is 0 Å². The Labute approximate surface area is 140 Å². The second-order valence-corrected chi connectivity index (χ2v) is 6.86. The van der Waals surface area contributed by atoms with E-state index < -0.39 is 15.8 Å². The molecule has 0 saturated heterocycles. The molecule has 0 bridgehead atoms. The van der Waals surface area contributed by atoms with Crippen molar-refractivity contribution in [2.75, 3.05) is 46.9 Å². The first-order valence-electron chi connectivity index (χ1n) is 6.63. The predicted octanol–water partition coefficient (Wildman–Crippen LogP) is 1.57. The molecule has 0 spiro atoms. The second kappa shape index (κ2) is 9.07. The highest BCUT2D eigenvalue weighted by atomic mass is 35.5. The number of esters is 1. The summed E-state index contributed by atoms with van der Waals surface area (Å²) in [6.45, 7) is 0.615. The minimum atomic E-state index is -3.58. The number of sulfone groups is 1. The van der Waals surface area contributed by atoms with Crippen LogP contribution in [0.15, 0.2) is 17.0 Å². The average molecular weight is 367 g/mol. The summed E-state index contributed by atoms with van der Waals surface area (Å²) in [6, 6.07) is 2.55. The van der Waals surface area contributed by atoms with Gasteiger partial charge in [0, 0.05) is 20.5 Å². The molecule has 130 valence electrons. The number of methoxy groups -OCH3 is 2. The lowest BCUT2D eigenvalue weighted by Crippen LogP contribution is -2.13. The van der Waals surface area contributed by atoms with Gasteiger partial charge in [-0.3, -0.25) is 0 Å². The maximum atomic E-state index is 12.0. The zero-order valence-electron chi connectivity index (χ0n) is 13.1. The van der Waals surface area contributed by atoms with Crippen LogP contribution in [0.4, 0.5) is 0 Å². The Morgan fingerprint density at radius 2 is 1.70 bits per heavy atom. The van der Waals surface area contributed by atoms with Crippen LogP contribution >= 0.6 is 11.6 Å². The topological polar surface area (TPSA) is 88.1 Å². The number of rotatable bonds is 9. The van der Waals surface area contributed by atoms with E-state index in [1.165, 1.54) is 26.4 Å². The van der Waals surface area contributed by atoms with Crippen molar-refractivity contribution >= 4 is 27.4 Å². The van der Waals surface area contributed by atoms with Gasteiger partial charge in [-0.25, -0.2) is 13.2 Å². The highest BCUT2D eigenvalue weighted by molar-refractivity contribution is 7.90. The number of carbonyl (C=O) groups excluding carboxylic acids is 1. The molecular weight excluding hydrogens is 348 g/mol. The number of ether oxygens (including phenoxy) is 4. The van der Waals surface area contributed by atoms with E-state index in [1.807, 2.05) is 0 Å². The Morgan fingerprint density at radius 1 is 1.09 bits per heavy atom. The highest BCUT2D eigenvalue weighted by Gasteiger charge is 2.23. The van der Waals surface area contributed by atoms with Crippen LogP contribution in [-0.2, 0) is 24.0 Å². The van der Waals surface area contributed by atoms with Crippen LogP contribution in [0.3, 0.4) is 0 Å². The van der Waals surface area contributed by atoms with Crippen molar-refractivity contribution in [3.8, 4) is 5.75 Å². The summed E-state index contributed by atoms with van der Waals surface area (Å²) >= 11 is 6.14. The first-order valence-corrected chi connectivity index (χ1v) is 8.90. The fourth-order valence-electron chi connectivity index (χ4n) is 1.64. The van der Waals surface area contributed by atoms with Crippen molar-refractivity contribution in [2.24, 2.45) is 0 Å². The van der Waals surface area contributed by atoms with Crippen molar-refractivity contribution in [2.45, 2.75) is 4.90 Å². The van der Waals surface area contributed by atoms with Gasteiger partial charge in [-0.1, -0.05) is 11.6 Å². The van der Waals surface area contributed by atoms with E-state index in [0.29, 0.717) is 0 Å². The van der Waals surface area contributed by atoms with Gasteiger partial charge in [-0.05, 0) is 12.1 Å². The van der Waals surface area contributed by atoms with Gasteiger partial charge in [0.05, 0.1) is 23.8 Å². The minimum absolute atomic E-state index is 0.0163. The van der Waals surface area contributed by atoms with Crippen LogP contribution in [-0.4, -0.2) is 61.3 Å². The number of halogens is 1. The predicted molar refractivity (Wildman–Crippen MR) is 84.1 cm³/mol. The smallest absolute Gasteiger partial charge is 0.339 e. The number of hydrogen-bond acceptors (Lipinski definition) is 7. The molecule has 1 aromatic rings. The van der Waals surface area contributed by atoms with E-state index in [2.05, 4.69) is 0 Å². The molecule has 0 N–H and O–H groups in total. The summed E-state index contributed by atoms with van der Waals surface area (Å²) in [7, 11) is -0.625. The normalized spacial score (nSPS) is 11.3. The fourth-order valence-corrected chi connectivity index (χ4v) is 2.81. The first-order chi connectivity index (χ1) is 10.8. The van der Waals surface area contributed by atoms with Crippen LogP contribution in [0.5, 0.6) is 5.75 Å². The molecule has 0 unspecified atom stereocenters. The number of carbonyl (C=O) groups is 1. The Morgan fingerprint density at radius 3 is 2.26 bits per heavy atom. The Hall–Kier alpha value is -1.35. The molecule has 23 heavy (non-hydrogen) atoms. The van der Waals surface area contributed by atoms with Crippen molar-refractivity contribution in [1.82, 2.24) is 0 Å². The van der Waals surface area contributed by atoms with E-state index in [-0.39, 0.29) is 47.7 Å². The Balaban J connectivity index is 3.15. The molecule has 1 rings (SSSR count). The van der Waals surface area contributed by atoms with Gasteiger partial charge in [-0.2, -0.15) is 0 Å². The van der Waals surface area contributed by atoms with Gasteiger partial charge in [-0.15, -0.1) is 0 Å². The Kier molecular flexibility index (Phi) is 7.77. The van der Waals surface area contributed by atoms with Gasteiger partial charge in [0.1, 0.15) is 18.1 Å². The summed E-state index contributed by atoms with van der Waals surface area (Å²) < 4.78 is 43.6. The molecule has 0 aliphatic carbocycles. The standard InChI is InChI=1S/C14H19ClO7S/c1-19-6-8-21-13-11(23(3,17)18)5-4-10(12(13)15)14(16)22-9-7-20-2/h4-5H,6-9H2,1-3H3. The van der Waals surface area contributed by atoms with Crippen LogP contribution < -0.4 is 4.74 Å². The summed E-state index contributed by atoms with van der Waals surface area (Å²) in [4.78, 5) is 11.9. The first kappa shape index (κ1) is 19.7. The third-order valence-electron chi connectivity index (χ3n) is 2.73. The molecule has 0 heterocycles. The van der Waals surface area contributed by atoms with Gasteiger partial charge < -0.3 is 18.9 Å². The highest BCUT2D eigenvalue weighted by Crippen LogP contribution is 2.35. The Bertz CT molecular complexity index is 643. The molecule has 0 fully saturated rings. The van der Waals surface area contributed by atoms with Gasteiger partial charge in [0.25, 0.3) is 0 Å². The third kappa shape index (κ3) is 5.65. The lowest BCUT2D eigenvalue weighted by Gasteiger charge is -2.14. The van der Waals surface area contributed by atoms with E-state index in [1.54, 1.807) is 0 Å². The van der Waals surface area contributed by atoms with E-state index >= 15 is 0 Å². The SMILES string of the molecule is COCCOC(=O)c1ccc(S(C)(=O)=O)c(OCCOC)c1Cl. The lowest BCUT2D eigenvalue weighted by molar-refractivity contribution is 0.0387. The van der Waals surface area contributed by atoms with Gasteiger partial charge in [0.15, 0.2) is 15.6 Å². The molecule has 0 radical (unpaired) electrons. The maximum absolute atomic E-state index is 12.0. The molecule has 1 aromatic carbocycles. The molecule has 7 nitrogen and oxygen atoms in total. The average Bonchev–Trinajstić information content (AvgIpc) is 2.47. The molecule has 0 aliphatic rings. The molecule has 9 heteroatoms. The van der Waals surface area contributed by atoms with Crippen LogP contribution in [0.2, 0.25) is 5.02 Å². The summed E-state index contributed by atoms with van der Waals surface area (Å²) in [5.74, 6) is -0.781. The van der Waals surface area contributed by atoms with E-state index in [4.69, 9.17) is 30.5 Å². The number of hydrogen-bond donors (Lipinski definition) is 0. The van der Waals surface area contributed by atoms with Gasteiger partial charge in [0.2, 0.25) is 0 Å². The molecule has 0 saturated carbocycles. The summed E-state index contributed by atoms with van der Waals surface area (Å²) in [6.07, 6.45) is 1.03. The zero-order chi connectivity index (χ0) is 17.5. The van der Waals surface area contributed by atoms with Crippen LogP contribution in [0.25, 0.3) is 0 Å². The van der Waals surface area contributed by atoms with Crippen LogP contribution in [0.1, 0.15) is 10.4 Å². The molecule has 0 aliphatic heterocycles. The molecule has 0 aromatic heterocycles. The zero-order valence-corrected chi connectivity index (χ0v) is 14.7. The van der Waals surface area contributed by atoms with Crippen LogP contribution in [0, 0.1) is 0 Å². The molecular formula is C14H19ClO7S. The van der Waals surface area contributed by atoms with Crippen molar-refractivity contribution < 1.29 is 32.2 Å². The summed E-state index contributed by atoms with van der Waals surface area (Å²) in [5.41, 5.74) is 0.0163. The quantitative estimate of drug-likeness (QED) is 0.484. The number of benzene rings is 1. The maximum Gasteiger partial charge on any atom is 0.339 e. The molecule has 0 atom stereocenters. The second-order valence-electron chi connectivity index (χ2n) is 4.50. The van der Waals surface area contributed by atoms with E-state index in [0.717, 1.165) is 6.26 Å². The van der Waals surface area contributed by atoms with Crippen molar-refractivity contribution in [3.05, 3.63) is 22.7 Å².